The number of hydrogen-bond acceptors (Lipinski definition) is 2. The Morgan fingerprint density at radius 3 is 3.00 bits per heavy atom. The Morgan fingerprint density at radius 2 is 2.35 bits per heavy atom. The molecule has 1 spiro atoms. The van der Waals surface area contributed by atoms with Crippen LogP contribution in [0.15, 0.2) is 23.2 Å². The average Bonchev–Trinajstić information content (AvgIpc) is 2.60. The molecule has 0 amide bonds. The van der Waals surface area contributed by atoms with Crippen molar-refractivity contribution < 1.29 is 9.47 Å². The van der Waals surface area contributed by atoms with E-state index in [-0.39, 0.29) is 11.7 Å². The molecule has 3 heteroatoms. The van der Waals surface area contributed by atoms with Gasteiger partial charge in [0, 0.05) is 12.5 Å². The van der Waals surface area contributed by atoms with Crippen LogP contribution in [-0.4, -0.2) is 20.0 Å². The van der Waals surface area contributed by atoms with E-state index in [1.54, 1.807) is 7.11 Å². The molecule has 0 unspecified atom stereocenters. The Kier molecular flexibility index (Phi) is 4.11. The molecule has 2 aliphatic rings. The van der Waals surface area contributed by atoms with Crippen LogP contribution < -0.4 is 0 Å². The van der Waals surface area contributed by atoms with Gasteiger partial charge < -0.3 is 9.47 Å². The van der Waals surface area contributed by atoms with Crippen LogP contribution in [0.25, 0.3) is 0 Å². The summed E-state index contributed by atoms with van der Waals surface area (Å²) in [7, 11) is 1.74. The van der Waals surface area contributed by atoms with Gasteiger partial charge in [0.15, 0.2) is 6.29 Å². The van der Waals surface area contributed by atoms with E-state index in [1.807, 2.05) is 0 Å². The van der Waals surface area contributed by atoms with Gasteiger partial charge in [-0.25, -0.2) is 0 Å². The summed E-state index contributed by atoms with van der Waals surface area (Å²) in [5.41, 5.74) is 1.23. The van der Waals surface area contributed by atoms with Crippen molar-refractivity contribution in [1.82, 2.24) is 0 Å². The summed E-state index contributed by atoms with van der Waals surface area (Å²) in [6, 6.07) is 0. The summed E-state index contributed by atoms with van der Waals surface area (Å²) in [6.45, 7) is 8.86. The number of methoxy groups -OCH3 is 1. The van der Waals surface area contributed by atoms with Crippen LogP contribution in [0.3, 0.4) is 0 Å². The van der Waals surface area contributed by atoms with Crippen molar-refractivity contribution in [2.45, 2.75) is 38.4 Å². The highest BCUT2D eigenvalue weighted by atomic mass is 79.9. The maximum atomic E-state index is 5.75. The van der Waals surface area contributed by atoms with E-state index in [9.17, 15) is 0 Å². The van der Waals surface area contributed by atoms with E-state index in [0.717, 1.165) is 17.3 Å². The molecule has 17 heavy (non-hydrogen) atoms. The summed E-state index contributed by atoms with van der Waals surface area (Å²) in [6.07, 6.45) is 5.75. The van der Waals surface area contributed by atoms with Crippen LogP contribution in [0.1, 0.15) is 32.1 Å². The molecule has 0 radical (unpaired) electrons. The lowest BCUT2D eigenvalue weighted by Crippen LogP contribution is -2.42. The third kappa shape index (κ3) is 2.25. The first-order chi connectivity index (χ1) is 8.11. The standard InChI is InChI=1S/C14H21BrO2/c1-10-9-17-13(16-3)14(10)7-5-4-6-12(14)8-11(2)15/h12-13H,1-2,4-9H2,3H3/t12-,13-,14+/m1/s1. The van der Waals surface area contributed by atoms with Crippen molar-refractivity contribution in [2.24, 2.45) is 11.3 Å². The zero-order chi connectivity index (χ0) is 12.5. The second kappa shape index (κ2) is 5.25. The van der Waals surface area contributed by atoms with Crippen molar-refractivity contribution in [3.05, 3.63) is 23.2 Å². The molecule has 0 N–H and O–H groups in total. The third-order valence-electron chi connectivity index (χ3n) is 4.29. The van der Waals surface area contributed by atoms with E-state index in [0.29, 0.717) is 12.5 Å². The minimum Gasteiger partial charge on any atom is -0.355 e. The van der Waals surface area contributed by atoms with Crippen molar-refractivity contribution in [1.29, 1.82) is 0 Å². The van der Waals surface area contributed by atoms with Crippen molar-refractivity contribution >= 4 is 15.9 Å². The molecule has 1 aliphatic heterocycles. The number of ether oxygens (including phenoxy) is 2. The Bertz CT molecular complexity index is 326. The van der Waals surface area contributed by atoms with Crippen LogP contribution in [0.4, 0.5) is 0 Å². The Balaban J connectivity index is 2.28. The Morgan fingerprint density at radius 1 is 1.59 bits per heavy atom. The van der Waals surface area contributed by atoms with Crippen LogP contribution in [0.2, 0.25) is 0 Å². The van der Waals surface area contributed by atoms with E-state index in [2.05, 4.69) is 29.1 Å². The summed E-state index contributed by atoms with van der Waals surface area (Å²) < 4.78 is 12.4. The molecule has 1 saturated carbocycles. The highest BCUT2D eigenvalue weighted by molar-refractivity contribution is 9.11. The van der Waals surface area contributed by atoms with Gasteiger partial charge in [-0.15, -0.1) is 0 Å². The van der Waals surface area contributed by atoms with Crippen molar-refractivity contribution in [3.8, 4) is 0 Å². The molecule has 3 atom stereocenters. The lowest BCUT2D eigenvalue weighted by atomic mass is 9.62. The maximum absolute atomic E-state index is 5.75. The van der Waals surface area contributed by atoms with E-state index < -0.39 is 0 Å². The van der Waals surface area contributed by atoms with Gasteiger partial charge in [-0.1, -0.05) is 41.9 Å². The minimum absolute atomic E-state index is 0.0176. The van der Waals surface area contributed by atoms with Crippen molar-refractivity contribution in [2.75, 3.05) is 13.7 Å². The van der Waals surface area contributed by atoms with Gasteiger partial charge in [0.25, 0.3) is 0 Å². The Labute approximate surface area is 112 Å². The molecule has 0 aromatic carbocycles. The molecule has 2 rings (SSSR count). The van der Waals surface area contributed by atoms with Crippen LogP contribution in [-0.2, 0) is 9.47 Å². The molecule has 1 heterocycles. The average molecular weight is 301 g/mol. The highest BCUT2D eigenvalue weighted by Crippen LogP contribution is 2.55. The van der Waals surface area contributed by atoms with E-state index in [1.165, 1.54) is 24.8 Å². The van der Waals surface area contributed by atoms with E-state index >= 15 is 0 Å². The fourth-order valence-corrected chi connectivity index (χ4v) is 3.89. The summed E-state index contributed by atoms with van der Waals surface area (Å²) in [5, 5.41) is 0. The smallest absolute Gasteiger partial charge is 0.167 e. The Hall–Kier alpha value is -0.120. The van der Waals surface area contributed by atoms with Crippen LogP contribution in [0, 0.1) is 11.3 Å². The molecular formula is C14H21BrO2. The number of allylic oxidation sites excluding steroid dienone is 1. The lowest BCUT2D eigenvalue weighted by Gasteiger charge is -2.44. The van der Waals surface area contributed by atoms with Crippen LogP contribution >= 0.6 is 15.9 Å². The number of hydrogen-bond donors (Lipinski definition) is 0. The first kappa shape index (κ1) is 13.3. The predicted octanol–water partition coefficient (Wildman–Crippen LogP) is 4.02. The van der Waals surface area contributed by atoms with Gasteiger partial charge in [-0.2, -0.15) is 0 Å². The SMILES string of the molecule is C=C(Br)C[C@H]1CCCC[C@]12C(=C)CO[C@H]2OC. The van der Waals surface area contributed by atoms with Crippen LogP contribution in [0.5, 0.6) is 0 Å². The summed E-state index contributed by atoms with van der Waals surface area (Å²) in [5.74, 6) is 0.545. The fourth-order valence-electron chi connectivity index (χ4n) is 3.50. The van der Waals surface area contributed by atoms with Gasteiger partial charge in [0.05, 0.1) is 6.61 Å². The number of rotatable bonds is 3. The molecule has 1 saturated heterocycles. The molecule has 0 bridgehead atoms. The van der Waals surface area contributed by atoms with Gasteiger partial charge in [0.2, 0.25) is 0 Å². The molecule has 2 nitrogen and oxygen atoms in total. The van der Waals surface area contributed by atoms with Gasteiger partial charge in [-0.05, 0) is 35.2 Å². The second-order valence-electron chi connectivity index (χ2n) is 5.19. The highest BCUT2D eigenvalue weighted by Gasteiger charge is 2.53. The van der Waals surface area contributed by atoms with Crippen molar-refractivity contribution in [3.63, 3.8) is 0 Å². The lowest BCUT2D eigenvalue weighted by molar-refractivity contribution is -0.163. The molecule has 0 aromatic rings. The third-order valence-corrected chi connectivity index (χ3v) is 4.62. The fraction of sp³-hybridized carbons (Fsp3) is 0.714. The van der Waals surface area contributed by atoms with E-state index in [4.69, 9.17) is 9.47 Å². The minimum atomic E-state index is -0.118. The molecule has 96 valence electrons. The molecule has 1 aliphatic carbocycles. The van der Waals surface area contributed by atoms with Gasteiger partial charge in [0.1, 0.15) is 0 Å². The largest absolute Gasteiger partial charge is 0.355 e. The summed E-state index contributed by atoms with van der Waals surface area (Å²) in [4.78, 5) is 0. The molecule has 0 aromatic heterocycles. The topological polar surface area (TPSA) is 18.5 Å². The summed E-state index contributed by atoms with van der Waals surface area (Å²) >= 11 is 3.50. The number of halogens is 1. The first-order valence-corrected chi connectivity index (χ1v) is 7.06. The first-order valence-electron chi connectivity index (χ1n) is 6.27. The normalized spacial score (nSPS) is 37.6. The maximum Gasteiger partial charge on any atom is 0.167 e. The quantitative estimate of drug-likeness (QED) is 0.733. The van der Waals surface area contributed by atoms with Gasteiger partial charge >= 0.3 is 0 Å². The molecular weight excluding hydrogens is 280 g/mol. The van der Waals surface area contributed by atoms with Gasteiger partial charge in [-0.3, -0.25) is 0 Å². The zero-order valence-electron chi connectivity index (χ0n) is 10.5. The second-order valence-corrected chi connectivity index (χ2v) is 6.31. The zero-order valence-corrected chi connectivity index (χ0v) is 12.1. The molecule has 2 fully saturated rings. The monoisotopic (exact) mass is 300 g/mol. The predicted molar refractivity (Wildman–Crippen MR) is 73.0 cm³/mol.